The molecule has 1 heterocycles. The predicted molar refractivity (Wildman–Crippen MR) is 78.8 cm³/mol. The number of aromatic nitrogens is 1. The highest BCUT2D eigenvalue weighted by Gasteiger charge is 2.52. The van der Waals surface area contributed by atoms with Gasteiger partial charge in [-0.2, -0.15) is 0 Å². The Morgan fingerprint density at radius 3 is 3.05 bits per heavy atom. The van der Waals surface area contributed by atoms with Gasteiger partial charge >= 0.3 is 0 Å². The highest BCUT2D eigenvalue weighted by Crippen LogP contribution is 2.61. The SMILES string of the molecule is Cc1cccc(COc2cc3c(cn2)C2C(C)C2C3)c1. The smallest absolute Gasteiger partial charge is 0.213 e. The van der Waals surface area contributed by atoms with Crippen LogP contribution in [0, 0.1) is 18.8 Å². The summed E-state index contributed by atoms with van der Waals surface area (Å²) in [7, 11) is 0. The molecule has 0 bridgehead atoms. The van der Waals surface area contributed by atoms with E-state index >= 15 is 0 Å². The maximum Gasteiger partial charge on any atom is 0.213 e. The van der Waals surface area contributed by atoms with Crippen LogP contribution in [0.15, 0.2) is 36.5 Å². The van der Waals surface area contributed by atoms with Crippen molar-refractivity contribution in [1.82, 2.24) is 4.98 Å². The van der Waals surface area contributed by atoms with Gasteiger partial charge in [-0.3, -0.25) is 0 Å². The number of nitrogens with zero attached hydrogens (tertiary/aromatic N) is 1. The van der Waals surface area contributed by atoms with E-state index in [-0.39, 0.29) is 0 Å². The molecule has 0 N–H and O–H groups in total. The van der Waals surface area contributed by atoms with Crippen molar-refractivity contribution in [2.24, 2.45) is 11.8 Å². The highest BCUT2D eigenvalue weighted by molar-refractivity contribution is 5.43. The Kier molecular flexibility index (Phi) is 2.59. The van der Waals surface area contributed by atoms with Crippen molar-refractivity contribution in [2.45, 2.75) is 32.8 Å². The van der Waals surface area contributed by atoms with E-state index in [1.807, 2.05) is 6.20 Å². The van der Waals surface area contributed by atoms with Crippen molar-refractivity contribution in [3.63, 3.8) is 0 Å². The molecule has 0 radical (unpaired) electrons. The Balaban J connectivity index is 1.48. The summed E-state index contributed by atoms with van der Waals surface area (Å²) < 4.78 is 5.84. The number of ether oxygens (including phenoxy) is 1. The van der Waals surface area contributed by atoms with Gasteiger partial charge in [0.2, 0.25) is 5.88 Å². The molecule has 2 nitrogen and oxygen atoms in total. The first kappa shape index (κ1) is 12.0. The van der Waals surface area contributed by atoms with Gasteiger partial charge in [0.15, 0.2) is 0 Å². The summed E-state index contributed by atoms with van der Waals surface area (Å²) in [5, 5.41) is 0. The number of fused-ring (bicyclic) bond motifs is 3. The van der Waals surface area contributed by atoms with Gasteiger partial charge in [0.25, 0.3) is 0 Å². The van der Waals surface area contributed by atoms with Crippen LogP contribution in [0.1, 0.15) is 35.1 Å². The van der Waals surface area contributed by atoms with Crippen LogP contribution in [-0.2, 0) is 13.0 Å². The lowest BCUT2D eigenvalue weighted by atomic mass is 10.1. The van der Waals surface area contributed by atoms with Gasteiger partial charge in [-0.05, 0) is 47.8 Å². The van der Waals surface area contributed by atoms with Gasteiger partial charge in [0.05, 0.1) is 0 Å². The van der Waals surface area contributed by atoms with Crippen LogP contribution < -0.4 is 4.74 Å². The molecule has 102 valence electrons. The van der Waals surface area contributed by atoms with E-state index in [1.54, 1.807) is 0 Å². The van der Waals surface area contributed by atoms with Crippen molar-refractivity contribution in [2.75, 3.05) is 0 Å². The summed E-state index contributed by atoms with van der Waals surface area (Å²) in [5.41, 5.74) is 5.38. The lowest BCUT2D eigenvalue weighted by molar-refractivity contribution is 0.293. The van der Waals surface area contributed by atoms with E-state index in [4.69, 9.17) is 4.74 Å². The van der Waals surface area contributed by atoms with E-state index in [9.17, 15) is 0 Å². The third kappa shape index (κ3) is 1.91. The molecule has 0 saturated heterocycles. The summed E-state index contributed by atoms with van der Waals surface area (Å²) in [4.78, 5) is 4.48. The van der Waals surface area contributed by atoms with Crippen LogP contribution in [-0.4, -0.2) is 4.98 Å². The Morgan fingerprint density at radius 2 is 2.20 bits per heavy atom. The zero-order chi connectivity index (χ0) is 13.7. The van der Waals surface area contributed by atoms with E-state index in [1.165, 1.54) is 28.7 Å². The van der Waals surface area contributed by atoms with Crippen molar-refractivity contribution in [3.05, 3.63) is 58.8 Å². The third-order valence-corrected chi connectivity index (χ3v) is 4.85. The molecule has 2 aliphatic rings. The fourth-order valence-corrected chi connectivity index (χ4v) is 3.63. The molecular formula is C18H19NO. The number of pyridine rings is 1. The molecule has 0 aliphatic heterocycles. The number of rotatable bonds is 3. The van der Waals surface area contributed by atoms with E-state index < -0.39 is 0 Å². The minimum absolute atomic E-state index is 0.594. The molecule has 1 aromatic carbocycles. The quantitative estimate of drug-likeness (QED) is 0.840. The van der Waals surface area contributed by atoms with Gasteiger partial charge in [-0.15, -0.1) is 0 Å². The van der Waals surface area contributed by atoms with Crippen molar-refractivity contribution >= 4 is 0 Å². The first-order valence-corrected chi connectivity index (χ1v) is 7.39. The standard InChI is InChI=1S/C18H19NO/c1-11-4-3-5-13(6-11)10-20-17-8-14-7-15-12(2)18(15)16(14)9-19-17/h3-6,8-9,12,15,18H,7,10H2,1-2H3. The van der Waals surface area contributed by atoms with Gasteiger partial charge in [0.1, 0.15) is 6.61 Å². The Labute approximate surface area is 119 Å². The average Bonchev–Trinajstić information content (AvgIpc) is 2.92. The van der Waals surface area contributed by atoms with E-state index in [0.717, 1.165) is 23.6 Å². The monoisotopic (exact) mass is 265 g/mol. The van der Waals surface area contributed by atoms with E-state index in [0.29, 0.717) is 6.61 Å². The van der Waals surface area contributed by atoms with Crippen LogP contribution in [0.25, 0.3) is 0 Å². The molecule has 1 saturated carbocycles. The predicted octanol–water partition coefficient (Wildman–Crippen LogP) is 3.87. The van der Waals surface area contributed by atoms with E-state index in [2.05, 4.69) is 49.2 Å². The number of benzene rings is 1. The Morgan fingerprint density at radius 1 is 1.30 bits per heavy atom. The Hall–Kier alpha value is -1.83. The normalized spacial score (nSPS) is 26.0. The maximum atomic E-state index is 5.84. The van der Waals surface area contributed by atoms with Crippen LogP contribution in [0.4, 0.5) is 0 Å². The maximum absolute atomic E-state index is 5.84. The second-order valence-electron chi connectivity index (χ2n) is 6.25. The molecule has 2 aliphatic carbocycles. The summed E-state index contributed by atoms with van der Waals surface area (Å²) in [6, 6.07) is 10.6. The minimum Gasteiger partial charge on any atom is -0.473 e. The van der Waals surface area contributed by atoms with Gasteiger partial charge in [-0.25, -0.2) is 4.98 Å². The summed E-state index contributed by atoms with van der Waals surface area (Å²) in [5.74, 6) is 3.28. The van der Waals surface area contributed by atoms with Gasteiger partial charge < -0.3 is 4.74 Å². The second kappa shape index (κ2) is 4.34. The van der Waals surface area contributed by atoms with Crippen LogP contribution in [0.3, 0.4) is 0 Å². The summed E-state index contributed by atoms with van der Waals surface area (Å²) >= 11 is 0. The topological polar surface area (TPSA) is 22.1 Å². The molecule has 3 atom stereocenters. The molecular weight excluding hydrogens is 246 g/mol. The van der Waals surface area contributed by atoms with Crippen molar-refractivity contribution in [1.29, 1.82) is 0 Å². The Bertz CT molecular complexity index is 664. The van der Waals surface area contributed by atoms with Gasteiger partial charge in [-0.1, -0.05) is 36.8 Å². The minimum atomic E-state index is 0.594. The average molecular weight is 265 g/mol. The summed E-state index contributed by atoms with van der Waals surface area (Å²) in [6.45, 7) is 5.04. The molecule has 20 heavy (non-hydrogen) atoms. The third-order valence-electron chi connectivity index (χ3n) is 4.85. The van der Waals surface area contributed by atoms with Gasteiger partial charge in [0, 0.05) is 12.3 Å². The lowest BCUT2D eigenvalue weighted by Gasteiger charge is -2.09. The fourth-order valence-electron chi connectivity index (χ4n) is 3.63. The van der Waals surface area contributed by atoms with Crippen LogP contribution in [0.2, 0.25) is 0 Å². The first-order valence-electron chi connectivity index (χ1n) is 7.39. The molecule has 4 rings (SSSR count). The molecule has 0 amide bonds. The lowest BCUT2D eigenvalue weighted by Crippen LogP contribution is -2.00. The van der Waals surface area contributed by atoms with Crippen LogP contribution in [0.5, 0.6) is 5.88 Å². The molecule has 2 aromatic rings. The first-order chi connectivity index (χ1) is 9.72. The zero-order valence-corrected chi connectivity index (χ0v) is 12.0. The zero-order valence-electron chi connectivity index (χ0n) is 12.0. The van der Waals surface area contributed by atoms with Crippen molar-refractivity contribution < 1.29 is 4.74 Å². The molecule has 2 heteroatoms. The van der Waals surface area contributed by atoms with Crippen LogP contribution >= 0.6 is 0 Å². The molecule has 0 spiro atoms. The molecule has 1 aromatic heterocycles. The second-order valence-corrected chi connectivity index (χ2v) is 6.25. The fraction of sp³-hybridized carbons (Fsp3) is 0.389. The summed E-state index contributed by atoms with van der Waals surface area (Å²) in [6.07, 6.45) is 3.25. The molecule has 1 fully saturated rings. The number of hydrogen-bond donors (Lipinski definition) is 0. The van der Waals surface area contributed by atoms with Crippen molar-refractivity contribution in [3.8, 4) is 5.88 Å². The number of hydrogen-bond acceptors (Lipinski definition) is 2. The number of aryl methyl sites for hydroxylation is 1. The highest BCUT2D eigenvalue weighted by atomic mass is 16.5. The largest absolute Gasteiger partial charge is 0.473 e. The molecule has 3 unspecified atom stereocenters.